The van der Waals surface area contributed by atoms with Crippen LogP contribution in [0.15, 0.2) is 22.7 Å². The molecule has 1 aliphatic rings. The number of nitrogens with zero attached hydrogens (tertiary/aromatic N) is 2. The molecular weight excluding hydrogens is 309 g/mol. The van der Waals surface area contributed by atoms with Crippen molar-refractivity contribution in [3.8, 4) is 5.75 Å². The van der Waals surface area contributed by atoms with Gasteiger partial charge in [-0.15, -0.1) is 0 Å². The standard InChI is InChI=1S/C15H17ClFN3O2/c1-9(21-12-5-4-10(17)8-11(12)16)13-19-14(20-22-13)15(18)6-2-3-7-15/h4-5,8-9H,2-3,6-7,18H2,1H3. The van der Waals surface area contributed by atoms with Crippen LogP contribution in [-0.2, 0) is 5.54 Å². The Hall–Kier alpha value is -1.66. The third-order valence-electron chi connectivity index (χ3n) is 3.93. The number of rotatable bonds is 4. The van der Waals surface area contributed by atoms with E-state index < -0.39 is 17.5 Å². The highest BCUT2D eigenvalue weighted by Gasteiger charge is 2.36. The molecule has 2 N–H and O–H groups in total. The van der Waals surface area contributed by atoms with Gasteiger partial charge in [0, 0.05) is 0 Å². The number of hydrogen-bond acceptors (Lipinski definition) is 5. The SMILES string of the molecule is CC(Oc1ccc(F)cc1Cl)c1nc(C2(N)CCCC2)no1. The van der Waals surface area contributed by atoms with Crippen molar-refractivity contribution < 1.29 is 13.7 Å². The Labute approximate surface area is 132 Å². The summed E-state index contributed by atoms with van der Waals surface area (Å²) in [7, 11) is 0. The van der Waals surface area contributed by atoms with Gasteiger partial charge in [0.2, 0.25) is 0 Å². The molecule has 1 unspecified atom stereocenters. The zero-order valence-electron chi connectivity index (χ0n) is 12.2. The summed E-state index contributed by atoms with van der Waals surface area (Å²) in [5.41, 5.74) is 5.79. The van der Waals surface area contributed by atoms with Crippen LogP contribution < -0.4 is 10.5 Å². The molecule has 0 spiro atoms. The number of ether oxygens (including phenoxy) is 1. The molecule has 1 aromatic carbocycles. The monoisotopic (exact) mass is 325 g/mol. The van der Waals surface area contributed by atoms with Crippen LogP contribution in [0.3, 0.4) is 0 Å². The third kappa shape index (κ3) is 2.94. The lowest BCUT2D eigenvalue weighted by atomic mass is 9.99. The second kappa shape index (κ2) is 5.85. The summed E-state index contributed by atoms with van der Waals surface area (Å²) >= 11 is 5.94. The van der Waals surface area contributed by atoms with Crippen molar-refractivity contribution in [2.24, 2.45) is 5.73 Å². The topological polar surface area (TPSA) is 74.2 Å². The first-order valence-corrected chi connectivity index (χ1v) is 7.60. The molecule has 22 heavy (non-hydrogen) atoms. The fourth-order valence-corrected chi connectivity index (χ4v) is 2.86. The average Bonchev–Trinajstić information content (AvgIpc) is 3.11. The van der Waals surface area contributed by atoms with E-state index in [0.717, 1.165) is 25.7 Å². The van der Waals surface area contributed by atoms with Crippen LogP contribution >= 0.6 is 11.6 Å². The summed E-state index contributed by atoms with van der Waals surface area (Å²) in [6.07, 6.45) is 3.33. The molecule has 0 bridgehead atoms. The summed E-state index contributed by atoms with van der Waals surface area (Å²) in [5.74, 6) is 0.780. The zero-order valence-corrected chi connectivity index (χ0v) is 12.9. The van der Waals surface area contributed by atoms with Crippen LogP contribution in [0.2, 0.25) is 5.02 Å². The fraction of sp³-hybridized carbons (Fsp3) is 0.467. The number of halogens is 2. The molecule has 7 heteroatoms. The van der Waals surface area contributed by atoms with E-state index in [-0.39, 0.29) is 5.02 Å². The normalized spacial score (nSPS) is 18.4. The second-order valence-corrected chi connectivity index (χ2v) is 6.06. The van der Waals surface area contributed by atoms with Crippen molar-refractivity contribution in [3.05, 3.63) is 40.8 Å². The first-order chi connectivity index (χ1) is 10.5. The van der Waals surface area contributed by atoms with Gasteiger partial charge < -0.3 is 15.0 Å². The molecule has 1 saturated carbocycles. The Morgan fingerprint density at radius 2 is 2.14 bits per heavy atom. The van der Waals surface area contributed by atoms with E-state index in [1.807, 2.05) is 0 Å². The van der Waals surface area contributed by atoms with Crippen molar-refractivity contribution >= 4 is 11.6 Å². The molecule has 118 valence electrons. The van der Waals surface area contributed by atoms with Crippen LogP contribution in [0.5, 0.6) is 5.75 Å². The van der Waals surface area contributed by atoms with E-state index in [1.54, 1.807) is 6.92 Å². The molecule has 1 heterocycles. The highest BCUT2D eigenvalue weighted by atomic mass is 35.5. The van der Waals surface area contributed by atoms with Crippen molar-refractivity contribution in [2.45, 2.75) is 44.2 Å². The van der Waals surface area contributed by atoms with Crippen LogP contribution in [0, 0.1) is 5.82 Å². The third-order valence-corrected chi connectivity index (χ3v) is 4.22. The van der Waals surface area contributed by atoms with Gasteiger partial charge in [-0.05, 0) is 38.0 Å². The molecule has 0 amide bonds. The van der Waals surface area contributed by atoms with E-state index in [0.29, 0.717) is 17.5 Å². The average molecular weight is 326 g/mol. The predicted octanol–water partition coefficient (Wildman–Crippen LogP) is 3.73. The second-order valence-electron chi connectivity index (χ2n) is 5.65. The maximum Gasteiger partial charge on any atom is 0.267 e. The lowest BCUT2D eigenvalue weighted by molar-refractivity contribution is 0.175. The molecule has 1 aromatic heterocycles. The molecule has 3 rings (SSSR count). The van der Waals surface area contributed by atoms with Crippen LogP contribution in [0.4, 0.5) is 4.39 Å². The van der Waals surface area contributed by atoms with Crippen LogP contribution in [0.25, 0.3) is 0 Å². The van der Waals surface area contributed by atoms with Gasteiger partial charge in [-0.3, -0.25) is 0 Å². The molecule has 1 fully saturated rings. The summed E-state index contributed by atoms with van der Waals surface area (Å²) in [6, 6.07) is 3.93. The number of aromatic nitrogens is 2. The summed E-state index contributed by atoms with van der Waals surface area (Å²) < 4.78 is 23.9. The lowest BCUT2D eigenvalue weighted by Crippen LogP contribution is -2.34. The number of benzene rings is 1. The van der Waals surface area contributed by atoms with E-state index in [4.69, 9.17) is 26.6 Å². The van der Waals surface area contributed by atoms with Gasteiger partial charge in [0.05, 0.1) is 10.6 Å². The zero-order chi connectivity index (χ0) is 15.7. The molecule has 1 aliphatic carbocycles. The summed E-state index contributed by atoms with van der Waals surface area (Å²) in [4.78, 5) is 4.36. The van der Waals surface area contributed by atoms with E-state index >= 15 is 0 Å². The smallest absolute Gasteiger partial charge is 0.267 e. The highest BCUT2D eigenvalue weighted by molar-refractivity contribution is 6.32. The Morgan fingerprint density at radius 3 is 2.82 bits per heavy atom. The molecule has 0 aliphatic heterocycles. The summed E-state index contributed by atoms with van der Waals surface area (Å²) in [6.45, 7) is 1.76. The van der Waals surface area contributed by atoms with Gasteiger partial charge in [0.25, 0.3) is 5.89 Å². The van der Waals surface area contributed by atoms with Crippen molar-refractivity contribution in [1.82, 2.24) is 10.1 Å². The fourth-order valence-electron chi connectivity index (χ4n) is 2.64. The Morgan fingerprint density at radius 1 is 1.41 bits per heavy atom. The first-order valence-electron chi connectivity index (χ1n) is 7.23. The Kier molecular flexibility index (Phi) is 4.06. The van der Waals surface area contributed by atoms with Crippen molar-refractivity contribution in [2.75, 3.05) is 0 Å². The van der Waals surface area contributed by atoms with Gasteiger partial charge in [0.1, 0.15) is 11.6 Å². The van der Waals surface area contributed by atoms with Gasteiger partial charge in [-0.1, -0.05) is 29.6 Å². The molecule has 1 atom stereocenters. The minimum absolute atomic E-state index is 0.192. The number of nitrogens with two attached hydrogens (primary N) is 1. The molecule has 0 saturated heterocycles. The maximum atomic E-state index is 13.0. The minimum Gasteiger partial charge on any atom is -0.479 e. The Bertz CT molecular complexity index is 671. The van der Waals surface area contributed by atoms with Crippen LogP contribution in [-0.4, -0.2) is 10.1 Å². The predicted molar refractivity (Wildman–Crippen MR) is 79.1 cm³/mol. The van der Waals surface area contributed by atoms with E-state index in [1.165, 1.54) is 18.2 Å². The molecule has 5 nitrogen and oxygen atoms in total. The van der Waals surface area contributed by atoms with Gasteiger partial charge in [-0.25, -0.2) is 4.39 Å². The quantitative estimate of drug-likeness (QED) is 0.927. The van der Waals surface area contributed by atoms with Gasteiger partial charge in [-0.2, -0.15) is 4.98 Å². The van der Waals surface area contributed by atoms with Gasteiger partial charge >= 0.3 is 0 Å². The summed E-state index contributed by atoms with van der Waals surface area (Å²) in [5, 5.41) is 4.18. The van der Waals surface area contributed by atoms with Crippen LogP contribution in [0.1, 0.15) is 50.4 Å². The molecule has 0 radical (unpaired) electrons. The number of hydrogen-bond donors (Lipinski definition) is 1. The molecule has 2 aromatic rings. The van der Waals surface area contributed by atoms with Gasteiger partial charge in [0.15, 0.2) is 11.9 Å². The lowest BCUT2D eigenvalue weighted by Gasteiger charge is -2.18. The van der Waals surface area contributed by atoms with E-state index in [9.17, 15) is 4.39 Å². The first kappa shape index (κ1) is 15.2. The van der Waals surface area contributed by atoms with Crippen molar-refractivity contribution in [3.63, 3.8) is 0 Å². The largest absolute Gasteiger partial charge is 0.479 e. The molecular formula is C15H17ClFN3O2. The minimum atomic E-state index is -0.505. The highest BCUT2D eigenvalue weighted by Crippen LogP contribution is 2.35. The maximum absolute atomic E-state index is 13.0. The van der Waals surface area contributed by atoms with Crippen molar-refractivity contribution in [1.29, 1.82) is 0 Å². The Balaban J connectivity index is 1.75. The van der Waals surface area contributed by atoms with E-state index in [2.05, 4.69) is 10.1 Å².